The van der Waals surface area contributed by atoms with Crippen LogP contribution in [0.2, 0.25) is 5.02 Å². The molecule has 1 aromatic heterocycles. The van der Waals surface area contributed by atoms with Gasteiger partial charge in [-0.2, -0.15) is 0 Å². The lowest BCUT2D eigenvalue weighted by atomic mass is 10.2. The maximum atomic E-state index is 12.6. The number of carboxylic acids is 1. The lowest BCUT2D eigenvalue weighted by Gasteiger charge is -2.20. The molecule has 2 rings (SSSR count). The molecule has 134 valence electrons. The van der Waals surface area contributed by atoms with E-state index in [-0.39, 0.29) is 6.54 Å². The van der Waals surface area contributed by atoms with Crippen LogP contribution in [0.25, 0.3) is 11.4 Å². The third-order valence-electron chi connectivity index (χ3n) is 3.42. The quantitative estimate of drug-likeness (QED) is 0.722. The molecular formula is C17H19ClN2O5. The topological polar surface area (TPSA) is 90.7 Å². The van der Waals surface area contributed by atoms with E-state index in [1.165, 1.54) is 4.57 Å². The Bertz CT molecular complexity index is 783. The highest BCUT2D eigenvalue weighted by atomic mass is 35.5. The Balaban J connectivity index is 2.55. The second-order valence-corrected chi connectivity index (χ2v) is 5.50. The summed E-state index contributed by atoms with van der Waals surface area (Å²) in [4.78, 5) is 28.1. The number of nitrogens with zero attached hydrogens (tertiary/aromatic N) is 2. The van der Waals surface area contributed by atoms with Crippen LogP contribution in [0.15, 0.2) is 35.3 Å². The molecule has 7 nitrogen and oxygen atoms in total. The van der Waals surface area contributed by atoms with Gasteiger partial charge in [-0.1, -0.05) is 11.6 Å². The van der Waals surface area contributed by atoms with E-state index in [0.29, 0.717) is 29.6 Å². The Hall–Kier alpha value is -2.22. The molecule has 0 bridgehead atoms. The molecule has 0 aliphatic heterocycles. The minimum absolute atomic E-state index is 0.0204. The Morgan fingerprint density at radius 2 is 1.84 bits per heavy atom. The van der Waals surface area contributed by atoms with E-state index in [4.69, 9.17) is 21.1 Å². The molecule has 0 fully saturated rings. The van der Waals surface area contributed by atoms with E-state index in [2.05, 4.69) is 4.98 Å². The summed E-state index contributed by atoms with van der Waals surface area (Å²) >= 11 is 5.90. The summed E-state index contributed by atoms with van der Waals surface area (Å²) in [6.07, 6.45) is 0.367. The highest BCUT2D eigenvalue weighted by molar-refractivity contribution is 6.30. The summed E-state index contributed by atoms with van der Waals surface area (Å²) in [5.41, 5.74) is -0.452. The first-order valence-electron chi connectivity index (χ1n) is 7.80. The molecule has 0 saturated carbocycles. The zero-order valence-electron chi connectivity index (χ0n) is 13.9. The van der Waals surface area contributed by atoms with Crippen molar-refractivity contribution in [1.29, 1.82) is 0 Å². The number of carboxylic acid groups (broad SMARTS) is 1. The van der Waals surface area contributed by atoms with Crippen molar-refractivity contribution in [2.45, 2.75) is 26.7 Å². The monoisotopic (exact) mass is 366 g/mol. The predicted octanol–water partition coefficient (Wildman–Crippen LogP) is 2.66. The third-order valence-corrected chi connectivity index (χ3v) is 3.67. The molecule has 0 unspecified atom stereocenters. The number of benzene rings is 1. The number of halogens is 1. The van der Waals surface area contributed by atoms with Crippen LogP contribution in [0, 0.1) is 0 Å². The number of ether oxygens (including phenoxy) is 2. The van der Waals surface area contributed by atoms with Crippen LogP contribution in [-0.2, 0) is 16.0 Å². The van der Waals surface area contributed by atoms with Gasteiger partial charge in [-0.05, 0) is 38.1 Å². The van der Waals surface area contributed by atoms with E-state index >= 15 is 0 Å². The van der Waals surface area contributed by atoms with Gasteiger partial charge in [-0.3, -0.25) is 9.36 Å². The normalized spacial score (nSPS) is 11.0. The van der Waals surface area contributed by atoms with E-state index in [1.807, 2.05) is 0 Å². The summed E-state index contributed by atoms with van der Waals surface area (Å²) in [7, 11) is 0. The van der Waals surface area contributed by atoms with Gasteiger partial charge in [0, 0.05) is 30.0 Å². The molecule has 0 amide bonds. The number of rotatable bonds is 8. The Labute approximate surface area is 149 Å². The molecule has 0 aliphatic rings. The second kappa shape index (κ2) is 8.75. The summed E-state index contributed by atoms with van der Waals surface area (Å²) in [6, 6.07) is 6.75. The standard InChI is InChI=1S/C17H19ClN2O5/c1-3-24-14(25-4-2)10-20-15(11-5-7-12(18)8-6-11)19-9-13(16(20)21)17(22)23/h5-9,14H,3-4,10H2,1-2H3,(H,22,23). The number of aromatic nitrogens is 2. The molecule has 1 aromatic carbocycles. The van der Waals surface area contributed by atoms with Crippen LogP contribution in [0.4, 0.5) is 0 Å². The molecule has 1 heterocycles. The molecule has 25 heavy (non-hydrogen) atoms. The van der Waals surface area contributed by atoms with E-state index in [9.17, 15) is 14.7 Å². The lowest BCUT2D eigenvalue weighted by Crippen LogP contribution is -2.34. The molecule has 0 atom stereocenters. The maximum absolute atomic E-state index is 12.6. The van der Waals surface area contributed by atoms with Crippen molar-refractivity contribution in [1.82, 2.24) is 9.55 Å². The van der Waals surface area contributed by atoms with Crippen molar-refractivity contribution in [2.24, 2.45) is 0 Å². The fourth-order valence-electron chi connectivity index (χ4n) is 2.31. The maximum Gasteiger partial charge on any atom is 0.342 e. The van der Waals surface area contributed by atoms with Crippen LogP contribution in [0.3, 0.4) is 0 Å². The smallest absolute Gasteiger partial charge is 0.342 e. The molecular weight excluding hydrogens is 348 g/mol. The highest BCUT2D eigenvalue weighted by Crippen LogP contribution is 2.19. The fraction of sp³-hybridized carbons (Fsp3) is 0.353. The van der Waals surface area contributed by atoms with Gasteiger partial charge < -0.3 is 14.6 Å². The molecule has 2 aromatic rings. The van der Waals surface area contributed by atoms with Crippen LogP contribution in [-0.4, -0.2) is 40.1 Å². The molecule has 0 radical (unpaired) electrons. The van der Waals surface area contributed by atoms with Gasteiger partial charge in [0.1, 0.15) is 11.4 Å². The van der Waals surface area contributed by atoms with Gasteiger partial charge in [0.2, 0.25) is 0 Å². The summed E-state index contributed by atoms with van der Waals surface area (Å²) in [5, 5.41) is 9.74. The van der Waals surface area contributed by atoms with E-state index < -0.39 is 23.4 Å². The largest absolute Gasteiger partial charge is 0.477 e. The van der Waals surface area contributed by atoms with Gasteiger partial charge in [0.25, 0.3) is 5.56 Å². The van der Waals surface area contributed by atoms with Crippen molar-refractivity contribution >= 4 is 17.6 Å². The summed E-state index contributed by atoms with van der Waals surface area (Å²) in [6.45, 7) is 4.41. The average molecular weight is 367 g/mol. The Morgan fingerprint density at radius 1 is 1.24 bits per heavy atom. The van der Waals surface area contributed by atoms with Gasteiger partial charge >= 0.3 is 5.97 Å². The van der Waals surface area contributed by atoms with Crippen molar-refractivity contribution in [3.05, 3.63) is 51.4 Å². The summed E-state index contributed by atoms with van der Waals surface area (Å²) < 4.78 is 12.2. The Kier molecular flexibility index (Phi) is 6.69. The molecule has 8 heteroatoms. The van der Waals surface area contributed by atoms with Crippen LogP contribution in [0.1, 0.15) is 24.2 Å². The number of aromatic carboxylic acids is 1. The number of carbonyl (C=O) groups is 1. The molecule has 1 N–H and O–H groups in total. The van der Waals surface area contributed by atoms with Crippen LogP contribution < -0.4 is 5.56 Å². The lowest BCUT2D eigenvalue weighted by molar-refractivity contribution is -0.143. The number of hydrogen-bond donors (Lipinski definition) is 1. The highest BCUT2D eigenvalue weighted by Gasteiger charge is 2.20. The van der Waals surface area contributed by atoms with Crippen molar-refractivity contribution < 1.29 is 19.4 Å². The van der Waals surface area contributed by atoms with Gasteiger partial charge in [-0.25, -0.2) is 9.78 Å². The van der Waals surface area contributed by atoms with Gasteiger partial charge in [-0.15, -0.1) is 0 Å². The first-order chi connectivity index (χ1) is 12.0. The zero-order chi connectivity index (χ0) is 18.4. The van der Waals surface area contributed by atoms with E-state index in [0.717, 1.165) is 6.20 Å². The molecule has 0 aliphatic carbocycles. The first-order valence-corrected chi connectivity index (χ1v) is 8.18. The number of hydrogen-bond acceptors (Lipinski definition) is 5. The third kappa shape index (κ3) is 4.66. The van der Waals surface area contributed by atoms with Crippen LogP contribution >= 0.6 is 11.6 Å². The van der Waals surface area contributed by atoms with Gasteiger partial charge in [0.05, 0.1) is 6.54 Å². The summed E-state index contributed by atoms with van der Waals surface area (Å²) in [5.74, 6) is -1.02. The first kappa shape index (κ1) is 19.1. The van der Waals surface area contributed by atoms with Crippen LogP contribution in [0.5, 0.6) is 0 Å². The zero-order valence-corrected chi connectivity index (χ0v) is 14.7. The average Bonchev–Trinajstić information content (AvgIpc) is 2.57. The molecule has 0 saturated heterocycles. The fourth-order valence-corrected chi connectivity index (χ4v) is 2.44. The second-order valence-electron chi connectivity index (χ2n) is 5.06. The van der Waals surface area contributed by atoms with E-state index in [1.54, 1.807) is 38.1 Å². The van der Waals surface area contributed by atoms with Crippen molar-refractivity contribution in [2.75, 3.05) is 13.2 Å². The predicted molar refractivity (Wildman–Crippen MR) is 92.9 cm³/mol. The minimum atomic E-state index is -1.33. The Morgan fingerprint density at radius 3 is 2.36 bits per heavy atom. The van der Waals surface area contributed by atoms with Crippen molar-refractivity contribution in [3.8, 4) is 11.4 Å². The molecule has 0 spiro atoms. The minimum Gasteiger partial charge on any atom is -0.477 e. The van der Waals surface area contributed by atoms with Crippen molar-refractivity contribution in [3.63, 3.8) is 0 Å². The SMILES string of the molecule is CCOC(Cn1c(-c2ccc(Cl)cc2)ncc(C(=O)O)c1=O)OCC. The van der Waals surface area contributed by atoms with Gasteiger partial charge in [0.15, 0.2) is 6.29 Å².